The number of rotatable bonds is 8. The Labute approximate surface area is 218 Å². The van der Waals surface area contributed by atoms with Crippen LogP contribution in [0.2, 0.25) is 0 Å². The number of methoxy groups -OCH3 is 1. The van der Waals surface area contributed by atoms with Crippen LogP contribution in [0.5, 0.6) is 11.5 Å². The number of nitriles is 1. The van der Waals surface area contributed by atoms with E-state index in [2.05, 4.69) is 11.4 Å². The first-order valence-corrected chi connectivity index (χ1v) is 12.1. The zero-order valence-electron chi connectivity index (χ0n) is 20.2. The standard InChI is InChI=1S/C28H23N3O5S/c1-18-7-10-22(11-8-18)30-26(32)16-31-27(33)25(37-28(31)34)14-19-9-12-23(24(13-19)35-2)36-17-21-6-4-3-5-20(21)15-29/h3-14H,16-17H2,1-2H3,(H,30,32)/b25-14-. The number of nitrogens with zero attached hydrogens (tertiary/aromatic N) is 2. The molecule has 0 aliphatic carbocycles. The highest BCUT2D eigenvalue weighted by molar-refractivity contribution is 8.18. The Morgan fingerprint density at radius 3 is 2.57 bits per heavy atom. The highest BCUT2D eigenvalue weighted by Gasteiger charge is 2.36. The summed E-state index contributed by atoms with van der Waals surface area (Å²) in [4.78, 5) is 38.8. The van der Waals surface area contributed by atoms with E-state index in [0.717, 1.165) is 27.8 Å². The van der Waals surface area contributed by atoms with E-state index in [1.54, 1.807) is 48.5 Å². The van der Waals surface area contributed by atoms with Gasteiger partial charge in [-0.25, -0.2) is 0 Å². The molecular formula is C28H23N3O5S. The van der Waals surface area contributed by atoms with Gasteiger partial charge in [-0.1, -0.05) is 42.0 Å². The largest absolute Gasteiger partial charge is 0.493 e. The van der Waals surface area contributed by atoms with Gasteiger partial charge in [-0.15, -0.1) is 0 Å². The van der Waals surface area contributed by atoms with Crippen LogP contribution >= 0.6 is 11.8 Å². The van der Waals surface area contributed by atoms with Gasteiger partial charge in [0.05, 0.1) is 23.6 Å². The number of benzene rings is 3. The second-order valence-electron chi connectivity index (χ2n) is 8.15. The maximum atomic E-state index is 12.8. The van der Waals surface area contributed by atoms with Crippen molar-refractivity contribution in [2.45, 2.75) is 13.5 Å². The van der Waals surface area contributed by atoms with Crippen LogP contribution in [0.1, 0.15) is 22.3 Å². The van der Waals surface area contributed by atoms with Crippen molar-refractivity contribution in [3.63, 3.8) is 0 Å². The van der Waals surface area contributed by atoms with Gasteiger partial charge in [0.15, 0.2) is 11.5 Å². The first kappa shape index (κ1) is 25.5. The molecule has 3 amide bonds. The number of hydrogen-bond acceptors (Lipinski definition) is 7. The molecule has 0 saturated carbocycles. The molecule has 4 rings (SSSR count). The quantitative estimate of drug-likeness (QED) is 0.416. The Balaban J connectivity index is 1.43. The van der Waals surface area contributed by atoms with Crippen LogP contribution < -0.4 is 14.8 Å². The Morgan fingerprint density at radius 2 is 1.84 bits per heavy atom. The van der Waals surface area contributed by atoms with Gasteiger partial charge in [-0.3, -0.25) is 19.3 Å². The summed E-state index contributed by atoms with van der Waals surface area (Å²) in [7, 11) is 1.50. The van der Waals surface area contributed by atoms with Gasteiger partial charge in [-0.05, 0) is 60.7 Å². The van der Waals surface area contributed by atoms with Gasteiger partial charge in [0.2, 0.25) is 5.91 Å². The summed E-state index contributed by atoms with van der Waals surface area (Å²) < 4.78 is 11.3. The molecule has 1 aliphatic heterocycles. The number of anilines is 1. The summed E-state index contributed by atoms with van der Waals surface area (Å²) in [6, 6.07) is 21.6. The van der Waals surface area contributed by atoms with Crippen LogP contribution in [0.15, 0.2) is 71.6 Å². The third-order valence-electron chi connectivity index (χ3n) is 5.52. The van der Waals surface area contributed by atoms with E-state index in [9.17, 15) is 19.6 Å². The van der Waals surface area contributed by atoms with Gasteiger partial charge in [0, 0.05) is 11.3 Å². The number of thioether (sulfide) groups is 1. The molecule has 1 N–H and O–H groups in total. The molecule has 8 nitrogen and oxygen atoms in total. The lowest BCUT2D eigenvalue weighted by Crippen LogP contribution is -2.36. The highest BCUT2D eigenvalue weighted by Crippen LogP contribution is 2.35. The molecule has 37 heavy (non-hydrogen) atoms. The van der Waals surface area contributed by atoms with E-state index < -0.39 is 17.1 Å². The molecule has 0 unspecified atom stereocenters. The van der Waals surface area contributed by atoms with E-state index in [1.165, 1.54) is 7.11 Å². The number of aryl methyl sites for hydroxylation is 1. The Morgan fingerprint density at radius 1 is 1.08 bits per heavy atom. The number of imide groups is 1. The summed E-state index contributed by atoms with van der Waals surface area (Å²) >= 11 is 0.772. The number of amides is 3. The van der Waals surface area contributed by atoms with E-state index in [1.807, 2.05) is 31.2 Å². The van der Waals surface area contributed by atoms with E-state index in [4.69, 9.17) is 9.47 Å². The maximum Gasteiger partial charge on any atom is 0.294 e. The van der Waals surface area contributed by atoms with Crippen LogP contribution in [-0.4, -0.2) is 35.6 Å². The lowest BCUT2D eigenvalue weighted by molar-refractivity contribution is -0.127. The van der Waals surface area contributed by atoms with Gasteiger partial charge in [-0.2, -0.15) is 5.26 Å². The summed E-state index contributed by atoms with van der Waals surface area (Å²) in [6.07, 6.45) is 1.57. The molecule has 1 saturated heterocycles. The van der Waals surface area contributed by atoms with Gasteiger partial charge < -0.3 is 14.8 Å². The van der Waals surface area contributed by atoms with Crippen LogP contribution in [0, 0.1) is 18.3 Å². The molecule has 1 heterocycles. The summed E-state index contributed by atoms with van der Waals surface area (Å²) in [5.41, 5.74) is 3.53. The molecule has 0 radical (unpaired) electrons. The molecule has 9 heteroatoms. The predicted octanol–water partition coefficient (Wildman–Crippen LogP) is 5.13. The van der Waals surface area contributed by atoms with Crippen molar-refractivity contribution in [2.75, 3.05) is 19.0 Å². The Bertz CT molecular complexity index is 1430. The van der Waals surface area contributed by atoms with Gasteiger partial charge in [0.25, 0.3) is 11.1 Å². The van der Waals surface area contributed by atoms with Crippen molar-refractivity contribution in [3.05, 3.63) is 93.9 Å². The molecule has 3 aromatic rings. The van der Waals surface area contributed by atoms with Crippen LogP contribution in [-0.2, 0) is 16.2 Å². The summed E-state index contributed by atoms with van der Waals surface area (Å²) in [6.45, 7) is 1.74. The molecule has 0 bridgehead atoms. The zero-order valence-corrected chi connectivity index (χ0v) is 21.0. The second-order valence-corrected chi connectivity index (χ2v) is 9.14. The third kappa shape index (κ3) is 6.18. The zero-order chi connectivity index (χ0) is 26.4. The lowest BCUT2D eigenvalue weighted by atomic mass is 10.1. The molecule has 0 aromatic heterocycles. The third-order valence-corrected chi connectivity index (χ3v) is 6.42. The maximum absolute atomic E-state index is 12.8. The topological polar surface area (TPSA) is 109 Å². The number of hydrogen-bond donors (Lipinski definition) is 1. The average Bonchev–Trinajstić information content (AvgIpc) is 3.16. The number of nitrogens with one attached hydrogen (secondary N) is 1. The minimum Gasteiger partial charge on any atom is -0.493 e. The number of ether oxygens (including phenoxy) is 2. The Kier molecular flexibility index (Phi) is 7.91. The molecule has 0 spiro atoms. The minimum atomic E-state index is -0.540. The molecule has 0 atom stereocenters. The molecular weight excluding hydrogens is 490 g/mol. The van der Waals surface area contributed by atoms with Crippen molar-refractivity contribution >= 4 is 40.6 Å². The van der Waals surface area contributed by atoms with Crippen molar-refractivity contribution in [3.8, 4) is 17.6 Å². The lowest BCUT2D eigenvalue weighted by Gasteiger charge is -2.13. The van der Waals surface area contributed by atoms with Crippen LogP contribution in [0.4, 0.5) is 10.5 Å². The molecule has 186 valence electrons. The molecule has 1 fully saturated rings. The first-order chi connectivity index (χ1) is 17.9. The first-order valence-electron chi connectivity index (χ1n) is 11.3. The van der Waals surface area contributed by atoms with Crippen molar-refractivity contribution in [2.24, 2.45) is 0 Å². The average molecular weight is 514 g/mol. The smallest absolute Gasteiger partial charge is 0.294 e. The minimum absolute atomic E-state index is 0.184. The number of carbonyl (C=O) groups excluding carboxylic acids is 3. The Hall–Kier alpha value is -4.55. The van der Waals surface area contributed by atoms with Gasteiger partial charge in [0.1, 0.15) is 13.2 Å². The van der Waals surface area contributed by atoms with E-state index in [-0.39, 0.29) is 18.1 Å². The molecule has 1 aliphatic rings. The van der Waals surface area contributed by atoms with Gasteiger partial charge >= 0.3 is 0 Å². The van der Waals surface area contributed by atoms with Crippen molar-refractivity contribution < 1.29 is 23.9 Å². The van der Waals surface area contributed by atoms with Crippen molar-refractivity contribution in [1.29, 1.82) is 5.26 Å². The van der Waals surface area contributed by atoms with Crippen LogP contribution in [0.3, 0.4) is 0 Å². The SMILES string of the molecule is COc1cc(/C=C2\SC(=O)N(CC(=O)Nc3ccc(C)cc3)C2=O)ccc1OCc1ccccc1C#N. The predicted molar refractivity (Wildman–Crippen MR) is 141 cm³/mol. The van der Waals surface area contributed by atoms with Crippen LogP contribution in [0.25, 0.3) is 6.08 Å². The summed E-state index contributed by atoms with van der Waals surface area (Å²) in [5, 5.41) is 11.4. The number of carbonyl (C=O) groups is 3. The fourth-order valence-corrected chi connectivity index (χ4v) is 4.41. The highest BCUT2D eigenvalue weighted by atomic mass is 32.2. The normalized spacial score (nSPS) is 14.0. The van der Waals surface area contributed by atoms with Crippen molar-refractivity contribution in [1.82, 2.24) is 4.90 Å². The molecule has 3 aromatic carbocycles. The van der Waals surface area contributed by atoms with E-state index >= 15 is 0 Å². The fourth-order valence-electron chi connectivity index (χ4n) is 3.57. The fraction of sp³-hybridized carbons (Fsp3) is 0.143. The summed E-state index contributed by atoms with van der Waals surface area (Å²) in [5.74, 6) is -0.108. The van der Waals surface area contributed by atoms with E-state index in [0.29, 0.717) is 28.3 Å². The monoisotopic (exact) mass is 513 g/mol. The second kappa shape index (κ2) is 11.5.